The van der Waals surface area contributed by atoms with Gasteiger partial charge in [0.15, 0.2) is 0 Å². The standard InChI is InChI=1S/C27H28Br2N6O/c28-21-15-20(16-30-17-21)27(36)35(29)14-4-3-13-34(18-25-32-22-9-1-2-10-23(22)33-25)24-11-5-7-19-8-6-12-31-26(19)24/h1-2,6,8-10,12,15-17,24H,3-5,7,11,13-14,18H2,(H,32,33). The van der Waals surface area contributed by atoms with Crippen LogP contribution in [0, 0.1) is 0 Å². The molecule has 1 atom stereocenters. The number of carbonyl (C=O) groups is 1. The summed E-state index contributed by atoms with van der Waals surface area (Å²) in [6.07, 6.45) is 10.3. The Morgan fingerprint density at radius 3 is 2.83 bits per heavy atom. The van der Waals surface area contributed by atoms with Crippen molar-refractivity contribution >= 4 is 49.0 Å². The van der Waals surface area contributed by atoms with E-state index in [1.165, 1.54) is 11.3 Å². The maximum atomic E-state index is 12.7. The molecule has 0 fully saturated rings. The number of hydrogen-bond donors (Lipinski definition) is 1. The third kappa shape index (κ3) is 5.85. The molecule has 0 spiro atoms. The van der Waals surface area contributed by atoms with Crippen LogP contribution in [0.1, 0.15) is 59.2 Å². The second-order valence-corrected chi connectivity index (χ2v) is 10.9. The lowest BCUT2D eigenvalue weighted by Crippen LogP contribution is -2.33. The van der Waals surface area contributed by atoms with Gasteiger partial charge in [0.1, 0.15) is 5.82 Å². The number of rotatable bonds is 9. The largest absolute Gasteiger partial charge is 0.341 e. The Labute approximate surface area is 227 Å². The number of H-pyrrole nitrogens is 1. The number of halogens is 2. The first-order chi connectivity index (χ1) is 17.6. The smallest absolute Gasteiger partial charge is 0.265 e. The first-order valence-corrected chi connectivity index (χ1v) is 13.8. The monoisotopic (exact) mass is 610 g/mol. The van der Waals surface area contributed by atoms with Crippen molar-refractivity contribution in [1.29, 1.82) is 0 Å². The van der Waals surface area contributed by atoms with Gasteiger partial charge >= 0.3 is 0 Å². The second-order valence-electron chi connectivity index (χ2n) is 9.12. The predicted molar refractivity (Wildman–Crippen MR) is 148 cm³/mol. The minimum absolute atomic E-state index is 0.0895. The van der Waals surface area contributed by atoms with E-state index in [0.29, 0.717) is 12.1 Å². The maximum absolute atomic E-state index is 12.7. The molecule has 0 aliphatic heterocycles. The topological polar surface area (TPSA) is 78.0 Å². The highest BCUT2D eigenvalue weighted by Gasteiger charge is 2.27. The van der Waals surface area contributed by atoms with Crippen molar-refractivity contribution in [3.63, 3.8) is 0 Å². The van der Waals surface area contributed by atoms with E-state index in [4.69, 9.17) is 9.97 Å². The predicted octanol–water partition coefficient (Wildman–Crippen LogP) is 6.23. The molecule has 1 aliphatic carbocycles. The number of hydrogen-bond acceptors (Lipinski definition) is 5. The molecule has 9 heteroatoms. The van der Waals surface area contributed by atoms with Crippen molar-refractivity contribution in [2.24, 2.45) is 0 Å². The number of pyridine rings is 2. The zero-order valence-corrected chi connectivity index (χ0v) is 23.1. The number of amides is 1. The van der Waals surface area contributed by atoms with Crippen molar-refractivity contribution in [1.82, 2.24) is 28.8 Å². The molecule has 3 heterocycles. The molecule has 1 amide bonds. The van der Waals surface area contributed by atoms with Gasteiger partial charge in [-0.25, -0.2) is 4.98 Å². The molecule has 186 valence electrons. The van der Waals surface area contributed by atoms with Gasteiger partial charge in [0, 0.05) is 29.6 Å². The van der Waals surface area contributed by atoms with Crippen LogP contribution in [-0.4, -0.2) is 47.8 Å². The van der Waals surface area contributed by atoms with E-state index >= 15 is 0 Å². The first kappa shape index (κ1) is 25.0. The number of aromatic amines is 1. The van der Waals surface area contributed by atoms with Crippen LogP contribution in [0.4, 0.5) is 0 Å². The Hall–Kier alpha value is -2.62. The Bertz CT molecular complexity index is 1310. The summed E-state index contributed by atoms with van der Waals surface area (Å²) < 4.78 is 2.38. The number of fused-ring (bicyclic) bond motifs is 2. The van der Waals surface area contributed by atoms with Crippen LogP contribution in [0.15, 0.2) is 65.5 Å². The first-order valence-electron chi connectivity index (χ1n) is 12.3. The lowest BCUT2D eigenvalue weighted by Gasteiger charge is -2.34. The number of para-hydroxylation sites is 2. The molecule has 1 unspecified atom stereocenters. The average molecular weight is 612 g/mol. The Morgan fingerprint density at radius 2 is 1.97 bits per heavy atom. The lowest BCUT2D eigenvalue weighted by atomic mass is 9.90. The summed E-state index contributed by atoms with van der Waals surface area (Å²) in [4.78, 5) is 32.4. The highest BCUT2D eigenvalue weighted by atomic mass is 79.9. The van der Waals surface area contributed by atoms with Crippen LogP contribution < -0.4 is 0 Å². The minimum atomic E-state index is -0.0895. The molecular formula is C27H28Br2N6O. The highest BCUT2D eigenvalue weighted by Crippen LogP contribution is 2.34. The number of aromatic nitrogens is 4. The van der Waals surface area contributed by atoms with Crippen molar-refractivity contribution in [2.45, 2.75) is 44.7 Å². The Morgan fingerprint density at radius 1 is 1.11 bits per heavy atom. The number of nitrogens with one attached hydrogen (secondary N) is 1. The van der Waals surface area contributed by atoms with Gasteiger partial charge in [-0.3, -0.25) is 23.6 Å². The van der Waals surface area contributed by atoms with Crippen molar-refractivity contribution in [3.05, 3.63) is 88.2 Å². The van der Waals surface area contributed by atoms with Gasteiger partial charge in [-0.1, -0.05) is 18.2 Å². The summed E-state index contributed by atoms with van der Waals surface area (Å²) in [5.74, 6) is 0.882. The summed E-state index contributed by atoms with van der Waals surface area (Å²) in [7, 11) is 0. The quantitative estimate of drug-likeness (QED) is 0.179. The number of nitrogens with zero attached hydrogens (tertiary/aromatic N) is 5. The maximum Gasteiger partial charge on any atom is 0.265 e. The molecule has 1 aliphatic rings. The summed E-state index contributed by atoms with van der Waals surface area (Å²) in [6.45, 7) is 2.24. The third-order valence-corrected chi connectivity index (χ3v) is 7.73. The van der Waals surface area contributed by atoms with Crippen LogP contribution in [0.2, 0.25) is 0 Å². The minimum Gasteiger partial charge on any atom is -0.341 e. The molecule has 7 nitrogen and oxygen atoms in total. The van der Waals surface area contributed by atoms with Gasteiger partial charge in [0.25, 0.3) is 5.91 Å². The summed E-state index contributed by atoms with van der Waals surface area (Å²) in [5.41, 5.74) is 5.15. The van der Waals surface area contributed by atoms with Gasteiger partial charge in [0.2, 0.25) is 0 Å². The van der Waals surface area contributed by atoms with Crippen LogP contribution in [0.25, 0.3) is 11.0 Å². The Balaban J connectivity index is 1.26. The van der Waals surface area contributed by atoms with Gasteiger partial charge in [-0.05, 0) is 84.4 Å². The lowest BCUT2D eigenvalue weighted by molar-refractivity contribution is 0.0875. The molecule has 4 aromatic rings. The molecule has 1 N–H and O–H groups in total. The number of aryl methyl sites for hydroxylation is 1. The molecule has 0 radical (unpaired) electrons. The fraction of sp³-hybridized carbons (Fsp3) is 0.333. The van der Waals surface area contributed by atoms with Gasteiger partial charge in [0.05, 0.1) is 51.0 Å². The number of carbonyl (C=O) groups excluding carboxylic acids is 1. The molecule has 5 rings (SSSR count). The van der Waals surface area contributed by atoms with Crippen LogP contribution in [0.3, 0.4) is 0 Å². The zero-order valence-electron chi connectivity index (χ0n) is 19.9. The van der Waals surface area contributed by atoms with E-state index in [0.717, 1.165) is 66.5 Å². The molecule has 0 bridgehead atoms. The third-order valence-electron chi connectivity index (χ3n) is 6.62. The molecule has 0 saturated carbocycles. The van der Waals surface area contributed by atoms with Crippen molar-refractivity contribution in [2.75, 3.05) is 13.1 Å². The summed E-state index contributed by atoms with van der Waals surface area (Å²) in [5, 5.41) is 0. The zero-order chi connectivity index (χ0) is 24.9. The van der Waals surface area contributed by atoms with Gasteiger partial charge < -0.3 is 4.98 Å². The van der Waals surface area contributed by atoms with E-state index in [9.17, 15) is 4.79 Å². The second kappa shape index (κ2) is 11.6. The number of imidazole rings is 1. The van der Waals surface area contributed by atoms with E-state index in [-0.39, 0.29) is 11.9 Å². The normalized spacial score (nSPS) is 15.2. The number of unbranched alkanes of at least 4 members (excludes halogenated alkanes) is 1. The van der Waals surface area contributed by atoms with Crippen LogP contribution in [-0.2, 0) is 13.0 Å². The van der Waals surface area contributed by atoms with Crippen molar-refractivity contribution < 1.29 is 4.79 Å². The van der Waals surface area contributed by atoms with E-state index in [2.05, 4.69) is 59.1 Å². The van der Waals surface area contributed by atoms with E-state index in [1.807, 2.05) is 30.5 Å². The molecule has 36 heavy (non-hydrogen) atoms. The fourth-order valence-corrected chi connectivity index (χ4v) is 5.71. The molecule has 0 saturated heterocycles. The number of benzene rings is 1. The SMILES string of the molecule is O=C(c1cncc(Br)c1)N(Br)CCCCN(Cc1nc2ccccc2[nH]1)C1CCCc2cccnc21. The summed E-state index contributed by atoms with van der Waals surface area (Å²) >= 11 is 6.83. The van der Waals surface area contributed by atoms with Gasteiger partial charge in [-0.2, -0.15) is 0 Å². The van der Waals surface area contributed by atoms with E-state index in [1.54, 1.807) is 22.4 Å². The highest BCUT2D eigenvalue weighted by molar-refractivity contribution is 9.10. The van der Waals surface area contributed by atoms with Crippen LogP contribution in [0.5, 0.6) is 0 Å². The Kier molecular flexibility index (Phi) is 8.09. The molecule has 1 aromatic carbocycles. The fourth-order valence-electron chi connectivity index (χ4n) is 4.89. The molecular weight excluding hydrogens is 584 g/mol. The van der Waals surface area contributed by atoms with E-state index < -0.39 is 0 Å². The van der Waals surface area contributed by atoms with Crippen LogP contribution >= 0.6 is 32.1 Å². The average Bonchev–Trinajstić information content (AvgIpc) is 3.32. The van der Waals surface area contributed by atoms with Crippen molar-refractivity contribution in [3.8, 4) is 0 Å². The van der Waals surface area contributed by atoms with Gasteiger partial charge in [-0.15, -0.1) is 0 Å². The summed E-state index contributed by atoms with van der Waals surface area (Å²) in [6, 6.07) is 14.4. The molecule has 3 aromatic heterocycles.